The van der Waals surface area contributed by atoms with E-state index in [1.807, 2.05) is 36.4 Å². The molecule has 0 aliphatic rings. The number of amides is 1. The van der Waals surface area contributed by atoms with Gasteiger partial charge in [-0.3, -0.25) is 9.59 Å². The highest BCUT2D eigenvalue weighted by atomic mass is 16.3. The number of carbonyl (C=O) groups excluding carboxylic acids is 1. The van der Waals surface area contributed by atoms with Crippen LogP contribution in [0.1, 0.15) is 36.7 Å². The second-order valence-corrected chi connectivity index (χ2v) is 8.15. The summed E-state index contributed by atoms with van der Waals surface area (Å²) in [5.74, 6) is -0.464. The molecule has 2 aromatic heterocycles. The third-order valence-corrected chi connectivity index (χ3v) is 5.09. The van der Waals surface area contributed by atoms with E-state index < -0.39 is 5.91 Å². The molecule has 1 amide bonds. The number of benzene rings is 2. The van der Waals surface area contributed by atoms with Crippen LogP contribution in [0.15, 0.2) is 70.2 Å². The Bertz CT molecular complexity index is 1270. The number of hydrogen-bond acceptors (Lipinski definition) is 3. The Morgan fingerprint density at radius 3 is 2.34 bits per heavy atom. The molecule has 0 fully saturated rings. The first kappa shape index (κ1) is 18.7. The molecule has 0 spiro atoms. The molecule has 0 atom stereocenters. The minimum atomic E-state index is -0.464. The van der Waals surface area contributed by atoms with Crippen molar-refractivity contribution in [3.63, 3.8) is 0 Å². The summed E-state index contributed by atoms with van der Waals surface area (Å²) in [6.45, 7) is 6.35. The molecule has 4 aromatic rings. The van der Waals surface area contributed by atoms with Gasteiger partial charge in [0.05, 0.1) is 6.26 Å². The number of rotatable bonds is 3. The van der Waals surface area contributed by atoms with E-state index in [-0.39, 0.29) is 11.0 Å². The number of carbonyl (C=O) groups is 1. The van der Waals surface area contributed by atoms with Gasteiger partial charge < -0.3 is 15.1 Å². The van der Waals surface area contributed by atoms with Crippen LogP contribution in [-0.2, 0) is 5.41 Å². The molecule has 0 bridgehead atoms. The number of nitrogens with one attached hydrogen (secondary N) is 1. The van der Waals surface area contributed by atoms with Gasteiger partial charge in [0, 0.05) is 33.8 Å². The number of pyridine rings is 1. The van der Waals surface area contributed by atoms with Crippen molar-refractivity contribution < 1.29 is 9.21 Å². The van der Waals surface area contributed by atoms with Crippen LogP contribution in [-0.4, -0.2) is 10.9 Å². The maximum atomic E-state index is 12.4. The van der Waals surface area contributed by atoms with Crippen molar-refractivity contribution >= 4 is 16.9 Å². The standard InChI is InChI=1S/C24H22N2O3/c1-24(2,3)20-12-16(17-5-4-10-26-23(17)28)11-18-19(13-29-21(18)20)14-6-8-15(9-7-14)22(25)27/h4-13H,1-3H3,(H2,25,27)(H,26,28). The summed E-state index contributed by atoms with van der Waals surface area (Å²) in [5.41, 5.74) is 10.6. The molecule has 2 aromatic carbocycles. The summed E-state index contributed by atoms with van der Waals surface area (Å²) in [7, 11) is 0. The van der Waals surface area contributed by atoms with Crippen molar-refractivity contribution in [1.82, 2.24) is 4.98 Å². The van der Waals surface area contributed by atoms with Gasteiger partial charge in [0.1, 0.15) is 5.58 Å². The fourth-order valence-electron chi connectivity index (χ4n) is 3.54. The number of fused-ring (bicyclic) bond motifs is 1. The number of nitrogens with two attached hydrogens (primary N) is 1. The number of aromatic amines is 1. The quantitative estimate of drug-likeness (QED) is 0.527. The molecular weight excluding hydrogens is 364 g/mol. The smallest absolute Gasteiger partial charge is 0.255 e. The van der Waals surface area contributed by atoms with Crippen molar-refractivity contribution in [1.29, 1.82) is 0 Å². The Kier molecular flexibility index (Phi) is 4.38. The average molecular weight is 386 g/mol. The van der Waals surface area contributed by atoms with Crippen LogP contribution in [0.4, 0.5) is 0 Å². The highest BCUT2D eigenvalue weighted by Crippen LogP contribution is 2.39. The van der Waals surface area contributed by atoms with E-state index in [2.05, 4.69) is 25.8 Å². The fourth-order valence-corrected chi connectivity index (χ4v) is 3.54. The monoisotopic (exact) mass is 386 g/mol. The molecule has 0 saturated heterocycles. The third-order valence-electron chi connectivity index (χ3n) is 5.09. The van der Waals surface area contributed by atoms with Gasteiger partial charge >= 0.3 is 0 Å². The molecular formula is C24H22N2O3. The Morgan fingerprint density at radius 1 is 1.00 bits per heavy atom. The molecule has 5 heteroatoms. The lowest BCUT2D eigenvalue weighted by Gasteiger charge is -2.20. The van der Waals surface area contributed by atoms with Crippen LogP contribution >= 0.6 is 0 Å². The number of aromatic nitrogens is 1. The molecule has 0 radical (unpaired) electrons. The van der Waals surface area contributed by atoms with Crippen molar-refractivity contribution in [2.24, 2.45) is 5.73 Å². The number of hydrogen-bond donors (Lipinski definition) is 2. The molecule has 5 nitrogen and oxygen atoms in total. The summed E-state index contributed by atoms with van der Waals surface area (Å²) in [4.78, 5) is 26.5. The van der Waals surface area contributed by atoms with E-state index in [1.165, 1.54) is 0 Å². The zero-order valence-corrected chi connectivity index (χ0v) is 16.6. The van der Waals surface area contributed by atoms with Crippen LogP contribution in [0.5, 0.6) is 0 Å². The van der Waals surface area contributed by atoms with Crippen LogP contribution in [0.2, 0.25) is 0 Å². The van der Waals surface area contributed by atoms with Crippen molar-refractivity contribution in [3.05, 3.63) is 82.5 Å². The highest BCUT2D eigenvalue weighted by molar-refractivity contribution is 5.99. The van der Waals surface area contributed by atoms with Crippen LogP contribution in [0, 0.1) is 0 Å². The average Bonchev–Trinajstić information content (AvgIpc) is 3.10. The lowest BCUT2D eigenvalue weighted by atomic mass is 9.83. The predicted molar refractivity (Wildman–Crippen MR) is 115 cm³/mol. The Hall–Kier alpha value is -3.60. The molecule has 4 rings (SSSR count). The van der Waals surface area contributed by atoms with Crippen molar-refractivity contribution in [2.45, 2.75) is 26.2 Å². The molecule has 0 aliphatic heterocycles. The lowest BCUT2D eigenvalue weighted by molar-refractivity contribution is 0.100. The Labute approximate surface area is 168 Å². The Morgan fingerprint density at radius 2 is 1.72 bits per heavy atom. The van der Waals surface area contributed by atoms with Gasteiger partial charge in [-0.1, -0.05) is 32.9 Å². The van der Waals surface area contributed by atoms with E-state index in [1.54, 1.807) is 24.6 Å². The maximum absolute atomic E-state index is 12.4. The zero-order valence-electron chi connectivity index (χ0n) is 16.6. The number of furan rings is 1. The molecule has 146 valence electrons. The SMILES string of the molecule is CC(C)(C)c1cc(-c2ccc[nH]c2=O)cc2c(-c3ccc(C(N)=O)cc3)coc12. The third kappa shape index (κ3) is 3.36. The van der Waals surface area contributed by atoms with E-state index in [4.69, 9.17) is 10.2 Å². The number of primary amides is 1. The van der Waals surface area contributed by atoms with E-state index >= 15 is 0 Å². The Balaban J connectivity index is 1.99. The zero-order chi connectivity index (χ0) is 20.8. The van der Waals surface area contributed by atoms with E-state index in [0.717, 1.165) is 33.2 Å². The van der Waals surface area contributed by atoms with Crippen molar-refractivity contribution in [3.8, 4) is 22.3 Å². The summed E-state index contributed by atoms with van der Waals surface area (Å²) in [6.07, 6.45) is 3.34. The minimum Gasteiger partial charge on any atom is -0.463 e. The maximum Gasteiger partial charge on any atom is 0.255 e. The first-order valence-corrected chi connectivity index (χ1v) is 9.40. The van der Waals surface area contributed by atoms with E-state index in [9.17, 15) is 9.59 Å². The van der Waals surface area contributed by atoms with Gasteiger partial charge in [-0.15, -0.1) is 0 Å². The van der Waals surface area contributed by atoms with Gasteiger partial charge in [0.2, 0.25) is 5.91 Å². The molecule has 0 unspecified atom stereocenters. The fraction of sp³-hybridized carbons (Fsp3) is 0.167. The van der Waals surface area contributed by atoms with Gasteiger partial charge in [0.25, 0.3) is 5.56 Å². The van der Waals surface area contributed by atoms with Crippen LogP contribution in [0.3, 0.4) is 0 Å². The molecule has 0 saturated carbocycles. The van der Waals surface area contributed by atoms with E-state index in [0.29, 0.717) is 11.1 Å². The van der Waals surface area contributed by atoms with Crippen LogP contribution in [0.25, 0.3) is 33.2 Å². The molecule has 29 heavy (non-hydrogen) atoms. The first-order chi connectivity index (χ1) is 13.8. The second kappa shape index (κ2) is 6.78. The van der Waals surface area contributed by atoms with Gasteiger partial charge in [0.15, 0.2) is 0 Å². The normalized spacial score (nSPS) is 11.7. The summed E-state index contributed by atoms with van der Waals surface area (Å²) < 4.78 is 5.98. The summed E-state index contributed by atoms with van der Waals surface area (Å²) in [5, 5.41) is 0.919. The van der Waals surface area contributed by atoms with Crippen LogP contribution < -0.4 is 11.3 Å². The number of H-pyrrole nitrogens is 1. The predicted octanol–water partition coefficient (Wildman–Crippen LogP) is 4.85. The second-order valence-electron chi connectivity index (χ2n) is 8.15. The molecule has 0 aliphatic carbocycles. The van der Waals surface area contributed by atoms with Crippen molar-refractivity contribution in [2.75, 3.05) is 0 Å². The van der Waals surface area contributed by atoms with Gasteiger partial charge in [-0.2, -0.15) is 0 Å². The highest BCUT2D eigenvalue weighted by Gasteiger charge is 2.23. The topological polar surface area (TPSA) is 89.1 Å². The largest absolute Gasteiger partial charge is 0.463 e. The minimum absolute atomic E-state index is 0.137. The summed E-state index contributed by atoms with van der Waals surface area (Å²) in [6, 6.07) is 14.7. The molecule has 3 N–H and O–H groups in total. The summed E-state index contributed by atoms with van der Waals surface area (Å²) >= 11 is 0. The lowest BCUT2D eigenvalue weighted by Crippen LogP contribution is -2.13. The van der Waals surface area contributed by atoms with Gasteiger partial charge in [-0.05, 0) is 52.9 Å². The van der Waals surface area contributed by atoms with Gasteiger partial charge in [-0.25, -0.2) is 0 Å². The first-order valence-electron chi connectivity index (χ1n) is 9.40. The molecule has 2 heterocycles.